The van der Waals surface area contributed by atoms with Gasteiger partial charge in [0.15, 0.2) is 5.96 Å². The molecule has 1 atom stereocenters. The van der Waals surface area contributed by atoms with E-state index in [1.807, 2.05) is 39.0 Å². The lowest BCUT2D eigenvalue weighted by Gasteiger charge is -2.22. The van der Waals surface area contributed by atoms with Gasteiger partial charge in [0.05, 0.1) is 18.8 Å². The number of aryl methyl sites for hydroxylation is 2. The predicted octanol–water partition coefficient (Wildman–Crippen LogP) is 2.87. The van der Waals surface area contributed by atoms with Crippen molar-refractivity contribution in [2.24, 2.45) is 4.99 Å². The Morgan fingerprint density at radius 1 is 1.28 bits per heavy atom. The average molecular weight is 458 g/mol. The first-order valence-electron chi connectivity index (χ1n) is 8.14. The monoisotopic (exact) mass is 458 g/mol. The standard InChI is InChI=1S/C18H26N4O2.HI/c1-5-19-17(21-11-15-13(2)7-6-10-20-15)22-12-18(4,23)16-9-8-14(3)24-16;/h6-10,23H,5,11-12H2,1-4H3,(H2,19,21,22);1H. The number of guanidine groups is 1. The van der Waals surface area contributed by atoms with Gasteiger partial charge >= 0.3 is 0 Å². The number of aliphatic imine (C=N–C) groups is 1. The van der Waals surface area contributed by atoms with Crippen LogP contribution < -0.4 is 10.6 Å². The number of rotatable bonds is 6. The number of hydrogen-bond acceptors (Lipinski definition) is 4. The molecule has 0 bridgehead atoms. The molecule has 0 aromatic carbocycles. The second kappa shape index (κ2) is 9.76. The summed E-state index contributed by atoms with van der Waals surface area (Å²) in [7, 11) is 0. The molecular formula is C18H27IN4O2. The molecule has 1 unspecified atom stereocenters. The molecule has 0 spiro atoms. The molecule has 0 aliphatic heterocycles. The highest BCUT2D eigenvalue weighted by Crippen LogP contribution is 2.21. The Labute approximate surface area is 166 Å². The molecule has 0 radical (unpaired) electrons. The van der Waals surface area contributed by atoms with Crippen LogP contribution in [0.3, 0.4) is 0 Å². The fourth-order valence-corrected chi connectivity index (χ4v) is 2.25. The summed E-state index contributed by atoms with van der Waals surface area (Å²) < 4.78 is 5.53. The molecule has 6 nitrogen and oxygen atoms in total. The van der Waals surface area contributed by atoms with Crippen LogP contribution in [0.2, 0.25) is 0 Å². The SMILES string of the molecule is CCNC(=NCc1ncccc1C)NCC(C)(O)c1ccc(C)o1.I. The van der Waals surface area contributed by atoms with Crippen molar-refractivity contribution >= 4 is 29.9 Å². The number of pyridine rings is 1. The van der Waals surface area contributed by atoms with Crippen molar-refractivity contribution < 1.29 is 9.52 Å². The zero-order valence-corrected chi connectivity index (χ0v) is 17.5. The lowest BCUT2D eigenvalue weighted by Crippen LogP contribution is -2.44. The van der Waals surface area contributed by atoms with Crippen LogP contribution in [0, 0.1) is 13.8 Å². The lowest BCUT2D eigenvalue weighted by atomic mass is 10.0. The van der Waals surface area contributed by atoms with Crippen molar-refractivity contribution in [1.29, 1.82) is 0 Å². The molecule has 0 aliphatic rings. The molecule has 138 valence electrons. The third-order valence-electron chi connectivity index (χ3n) is 3.72. The van der Waals surface area contributed by atoms with Crippen molar-refractivity contribution in [2.45, 2.75) is 39.8 Å². The minimum Gasteiger partial charge on any atom is -0.463 e. The quantitative estimate of drug-likeness (QED) is 0.353. The van der Waals surface area contributed by atoms with E-state index in [0.717, 1.165) is 23.6 Å². The number of aromatic nitrogens is 1. The van der Waals surface area contributed by atoms with E-state index in [2.05, 4.69) is 20.6 Å². The maximum Gasteiger partial charge on any atom is 0.191 e. The minimum atomic E-state index is -1.12. The summed E-state index contributed by atoms with van der Waals surface area (Å²) >= 11 is 0. The van der Waals surface area contributed by atoms with Crippen LogP contribution in [0.15, 0.2) is 39.9 Å². The van der Waals surface area contributed by atoms with Crippen LogP contribution in [0.5, 0.6) is 0 Å². The van der Waals surface area contributed by atoms with Crippen LogP contribution in [-0.4, -0.2) is 29.1 Å². The molecule has 0 saturated heterocycles. The van der Waals surface area contributed by atoms with E-state index in [1.54, 1.807) is 19.2 Å². The van der Waals surface area contributed by atoms with Gasteiger partial charge in [-0.05, 0) is 51.5 Å². The Kier molecular flexibility index (Phi) is 8.37. The molecule has 2 aromatic heterocycles. The van der Waals surface area contributed by atoms with Crippen molar-refractivity contribution in [1.82, 2.24) is 15.6 Å². The van der Waals surface area contributed by atoms with Crippen LogP contribution in [0.4, 0.5) is 0 Å². The third-order valence-corrected chi connectivity index (χ3v) is 3.72. The number of aliphatic hydroxyl groups is 1. The molecule has 0 amide bonds. The first-order chi connectivity index (χ1) is 11.4. The fraction of sp³-hybridized carbons (Fsp3) is 0.444. The Hall–Kier alpha value is -1.61. The van der Waals surface area contributed by atoms with Gasteiger partial charge in [-0.15, -0.1) is 24.0 Å². The maximum absolute atomic E-state index is 10.6. The molecule has 2 heterocycles. The number of nitrogens with one attached hydrogen (secondary N) is 2. The topological polar surface area (TPSA) is 82.7 Å². The Balaban J connectivity index is 0.00000312. The summed E-state index contributed by atoms with van der Waals surface area (Å²) in [5, 5.41) is 16.9. The van der Waals surface area contributed by atoms with Crippen LogP contribution >= 0.6 is 24.0 Å². The highest BCUT2D eigenvalue weighted by Gasteiger charge is 2.27. The van der Waals surface area contributed by atoms with Crippen LogP contribution in [0.1, 0.15) is 36.6 Å². The molecule has 3 N–H and O–H groups in total. The van der Waals surface area contributed by atoms with Gasteiger partial charge in [-0.1, -0.05) is 6.07 Å². The molecular weight excluding hydrogens is 431 g/mol. The summed E-state index contributed by atoms with van der Waals surface area (Å²) in [4.78, 5) is 8.88. The first kappa shape index (κ1) is 21.4. The van der Waals surface area contributed by atoms with Gasteiger partial charge in [-0.2, -0.15) is 0 Å². The van der Waals surface area contributed by atoms with Crippen molar-refractivity contribution in [3.05, 3.63) is 53.2 Å². The van der Waals surface area contributed by atoms with E-state index in [4.69, 9.17) is 4.42 Å². The van der Waals surface area contributed by atoms with Gasteiger partial charge in [0.2, 0.25) is 0 Å². The number of nitrogens with zero attached hydrogens (tertiary/aromatic N) is 2. The van der Waals surface area contributed by atoms with Gasteiger partial charge in [0.1, 0.15) is 17.1 Å². The van der Waals surface area contributed by atoms with Crippen LogP contribution in [-0.2, 0) is 12.1 Å². The van der Waals surface area contributed by atoms with Gasteiger partial charge in [0.25, 0.3) is 0 Å². The molecule has 2 rings (SSSR count). The second-order valence-electron chi connectivity index (χ2n) is 6.00. The van der Waals surface area contributed by atoms with E-state index in [1.165, 1.54) is 0 Å². The zero-order chi connectivity index (χ0) is 17.6. The summed E-state index contributed by atoms with van der Waals surface area (Å²) in [6, 6.07) is 7.56. The van der Waals surface area contributed by atoms with E-state index >= 15 is 0 Å². The molecule has 25 heavy (non-hydrogen) atoms. The zero-order valence-electron chi connectivity index (χ0n) is 15.2. The Bertz CT molecular complexity index is 698. The van der Waals surface area contributed by atoms with E-state index in [0.29, 0.717) is 18.3 Å². The number of halogens is 1. The minimum absolute atomic E-state index is 0. The predicted molar refractivity (Wildman–Crippen MR) is 110 cm³/mol. The van der Waals surface area contributed by atoms with Gasteiger partial charge in [-0.25, -0.2) is 4.99 Å². The summed E-state index contributed by atoms with van der Waals surface area (Å²) in [6.45, 7) is 9.07. The third kappa shape index (κ3) is 6.32. The lowest BCUT2D eigenvalue weighted by molar-refractivity contribution is 0.0378. The molecule has 2 aromatic rings. The van der Waals surface area contributed by atoms with Crippen molar-refractivity contribution in [3.8, 4) is 0 Å². The molecule has 0 fully saturated rings. The van der Waals surface area contributed by atoms with Crippen molar-refractivity contribution in [3.63, 3.8) is 0 Å². The highest BCUT2D eigenvalue weighted by molar-refractivity contribution is 14.0. The highest BCUT2D eigenvalue weighted by atomic mass is 127. The molecule has 0 saturated carbocycles. The summed E-state index contributed by atoms with van der Waals surface area (Å²) in [6.07, 6.45) is 1.77. The normalized spacial score (nSPS) is 13.7. The second-order valence-corrected chi connectivity index (χ2v) is 6.00. The largest absolute Gasteiger partial charge is 0.463 e. The van der Waals surface area contributed by atoms with Crippen molar-refractivity contribution in [2.75, 3.05) is 13.1 Å². The van der Waals surface area contributed by atoms with E-state index in [-0.39, 0.29) is 30.5 Å². The Morgan fingerprint density at radius 2 is 2.04 bits per heavy atom. The number of hydrogen-bond donors (Lipinski definition) is 3. The summed E-state index contributed by atoms with van der Waals surface area (Å²) in [5.41, 5.74) is 0.920. The Morgan fingerprint density at radius 3 is 2.64 bits per heavy atom. The maximum atomic E-state index is 10.6. The van der Waals surface area contributed by atoms with Crippen LogP contribution in [0.25, 0.3) is 0 Å². The van der Waals surface area contributed by atoms with Gasteiger partial charge < -0.3 is 20.2 Å². The molecule has 7 heteroatoms. The van der Waals surface area contributed by atoms with Gasteiger partial charge in [0, 0.05) is 12.7 Å². The average Bonchev–Trinajstić information content (AvgIpc) is 2.99. The van der Waals surface area contributed by atoms with Gasteiger partial charge in [-0.3, -0.25) is 4.98 Å². The first-order valence-corrected chi connectivity index (χ1v) is 8.14. The van der Waals surface area contributed by atoms with E-state index < -0.39 is 5.60 Å². The van der Waals surface area contributed by atoms with E-state index in [9.17, 15) is 5.11 Å². The fourth-order valence-electron chi connectivity index (χ4n) is 2.25. The number of furan rings is 1. The summed E-state index contributed by atoms with van der Waals surface area (Å²) in [5.74, 6) is 1.94. The smallest absolute Gasteiger partial charge is 0.191 e. The molecule has 0 aliphatic carbocycles.